The lowest BCUT2D eigenvalue weighted by Crippen LogP contribution is -2.04. The van der Waals surface area contributed by atoms with Crippen LogP contribution in [0.3, 0.4) is 0 Å². The highest BCUT2D eigenvalue weighted by Crippen LogP contribution is 2.27. The summed E-state index contributed by atoms with van der Waals surface area (Å²) in [6.07, 6.45) is 0.595. The van der Waals surface area contributed by atoms with Crippen molar-refractivity contribution in [2.24, 2.45) is 5.73 Å². The predicted octanol–water partition coefficient (Wildman–Crippen LogP) is 3.74. The van der Waals surface area contributed by atoms with Gasteiger partial charge in [0.2, 0.25) is 0 Å². The van der Waals surface area contributed by atoms with Crippen LogP contribution in [0.25, 0.3) is 0 Å². The normalized spacial score (nSPS) is 10.5. The van der Waals surface area contributed by atoms with Crippen molar-refractivity contribution in [2.45, 2.75) is 20.3 Å². The summed E-state index contributed by atoms with van der Waals surface area (Å²) in [5.41, 5.74) is 8.61. The summed E-state index contributed by atoms with van der Waals surface area (Å²) >= 11 is 0. The molecule has 0 aliphatic carbocycles. The summed E-state index contributed by atoms with van der Waals surface area (Å²) in [4.78, 5) is 0. The zero-order chi connectivity index (χ0) is 13.8. The zero-order valence-corrected chi connectivity index (χ0v) is 11.2. The van der Waals surface area contributed by atoms with Crippen LogP contribution in [0.15, 0.2) is 36.4 Å². The molecule has 0 saturated heterocycles. The van der Waals surface area contributed by atoms with E-state index in [0.29, 0.717) is 18.7 Å². The van der Waals surface area contributed by atoms with Crippen LogP contribution in [0.5, 0.6) is 11.5 Å². The summed E-state index contributed by atoms with van der Waals surface area (Å²) in [5, 5.41) is 0. The highest BCUT2D eigenvalue weighted by molar-refractivity contribution is 5.41. The van der Waals surface area contributed by atoms with E-state index in [9.17, 15) is 4.39 Å². The highest BCUT2D eigenvalue weighted by Gasteiger charge is 2.07. The number of benzene rings is 2. The molecular weight excluding hydrogens is 241 g/mol. The number of ether oxygens (including phenoxy) is 1. The van der Waals surface area contributed by atoms with Crippen LogP contribution in [0.1, 0.15) is 16.7 Å². The molecule has 0 aromatic heterocycles. The van der Waals surface area contributed by atoms with Gasteiger partial charge in [-0.1, -0.05) is 6.07 Å². The molecule has 0 saturated carbocycles. The van der Waals surface area contributed by atoms with Crippen LogP contribution >= 0.6 is 0 Å². The van der Waals surface area contributed by atoms with Crippen molar-refractivity contribution in [3.8, 4) is 11.5 Å². The molecule has 0 unspecified atom stereocenters. The second-order valence-corrected chi connectivity index (χ2v) is 4.72. The Balaban J connectivity index is 2.31. The molecule has 0 heterocycles. The van der Waals surface area contributed by atoms with Gasteiger partial charge in [0.05, 0.1) is 0 Å². The van der Waals surface area contributed by atoms with Crippen molar-refractivity contribution in [3.05, 3.63) is 58.9 Å². The fourth-order valence-corrected chi connectivity index (χ4v) is 2.12. The number of hydrogen-bond acceptors (Lipinski definition) is 2. The van der Waals surface area contributed by atoms with Crippen LogP contribution in [-0.4, -0.2) is 6.54 Å². The van der Waals surface area contributed by atoms with Gasteiger partial charge in [0.1, 0.15) is 17.3 Å². The molecule has 19 heavy (non-hydrogen) atoms. The molecule has 2 N–H and O–H groups in total. The number of aryl methyl sites for hydroxylation is 2. The maximum absolute atomic E-state index is 13.2. The summed E-state index contributed by atoms with van der Waals surface area (Å²) in [5.74, 6) is 1.16. The average Bonchev–Trinajstić information content (AvgIpc) is 2.32. The van der Waals surface area contributed by atoms with E-state index in [4.69, 9.17) is 10.5 Å². The number of hydrogen-bond donors (Lipinski definition) is 1. The Labute approximate surface area is 113 Å². The Morgan fingerprint density at radius 3 is 2.37 bits per heavy atom. The van der Waals surface area contributed by atoms with Crippen molar-refractivity contribution in [1.82, 2.24) is 0 Å². The zero-order valence-electron chi connectivity index (χ0n) is 11.2. The maximum atomic E-state index is 13.2. The van der Waals surface area contributed by atoms with E-state index < -0.39 is 0 Å². The fraction of sp³-hybridized carbons (Fsp3) is 0.250. The second kappa shape index (κ2) is 5.85. The van der Waals surface area contributed by atoms with Gasteiger partial charge in [0.25, 0.3) is 0 Å². The largest absolute Gasteiger partial charge is 0.457 e. The van der Waals surface area contributed by atoms with Gasteiger partial charge in [-0.15, -0.1) is 0 Å². The molecule has 0 bridgehead atoms. The van der Waals surface area contributed by atoms with E-state index in [-0.39, 0.29) is 5.82 Å². The Morgan fingerprint density at radius 1 is 1.05 bits per heavy atom. The molecule has 0 atom stereocenters. The van der Waals surface area contributed by atoms with E-state index in [0.717, 1.165) is 22.4 Å². The van der Waals surface area contributed by atoms with E-state index >= 15 is 0 Å². The third-order valence-electron chi connectivity index (χ3n) is 2.86. The maximum Gasteiger partial charge on any atom is 0.130 e. The van der Waals surface area contributed by atoms with E-state index in [1.807, 2.05) is 26.0 Å². The Kier molecular flexibility index (Phi) is 4.17. The Hall–Kier alpha value is -1.87. The first kappa shape index (κ1) is 13.6. The summed E-state index contributed by atoms with van der Waals surface area (Å²) in [6, 6.07) is 10.5. The molecule has 2 nitrogen and oxygen atoms in total. The predicted molar refractivity (Wildman–Crippen MR) is 75.1 cm³/mol. The molecule has 2 aromatic carbocycles. The molecule has 0 aliphatic rings. The van der Waals surface area contributed by atoms with Crippen molar-refractivity contribution < 1.29 is 9.13 Å². The third-order valence-corrected chi connectivity index (χ3v) is 2.86. The molecule has 0 radical (unpaired) electrons. The number of nitrogens with two attached hydrogens (primary N) is 1. The van der Waals surface area contributed by atoms with Crippen molar-refractivity contribution in [3.63, 3.8) is 0 Å². The Bertz CT molecular complexity index is 561. The minimum Gasteiger partial charge on any atom is -0.457 e. The van der Waals surface area contributed by atoms with Crippen LogP contribution in [0.4, 0.5) is 4.39 Å². The van der Waals surface area contributed by atoms with E-state index in [1.54, 1.807) is 6.07 Å². The molecule has 0 amide bonds. The fourth-order valence-electron chi connectivity index (χ4n) is 2.12. The average molecular weight is 259 g/mol. The molecular formula is C16H18FNO. The van der Waals surface area contributed by atoms with Gasteiger partial charge in [-0.25, -0.2) is 4.39 Å². The first-order valence-electron chi connectivity index (χ1n) is 6.33. The second-order valence-electron chi connectivity index (χ2n) is 4.72. The molecule has 100 valence electrons. The summed E-state index contributed by atoms with van der Waals surface area (Å²) in [7, 11) is 0. The van der Waals surface area contributed by atoms with Crippen LogP contribution in [-0.2, 0) is 6.42 Å². The van der Waals surface area contributed by atoms with Crippen LogP contribution in [0.2, 0.25) is 0 Å². The topological polar surface area (TPSA) is 35.2 Å². The monoisotopic (exact) mass is 259 g/mol. The summed E-state index contributed by atoms with van der Waals surface area (Å²) < 4.78 is 19.1. The molecule has 0 aliphatic heterocycles. The number of halogens is 1. The third kappa shape index (κ3) is 3.55. The first-order valence-corrected chi connectivity index (χ1v) is 6.33. The minimum absolute atomic E-state index is 0.267. The first-order chi connectivity index (χ1) is 9.08. The van der Waals surface area contributed by atoms with Crippen molar-refractivity contribution in [2.75, 3.05) is 6.54 Å². The minimum atomic E-state index is -0.267. The van der Waals surface area contributed by atoms with Gasteiger partial charge < -0.3 is 10.5 Å². The Morgan fingerprint density at radius 2 is 1.74 bits per heavy atom. The van der Waals surface area contributed by atoms with Crippen LogP contribution < -0.4 is 10.5 Å². The molecule has 2 rings (SSSR count). The van der Waals surface area contributed by atoms with E-state index in [1.165, 1.54) is 12.1 Å². The van der Waals surface area contributed by atoms with Gasteiger partial charge in [0, 0.05) is 0 Å². The van der Waals surface area contributed by atoms with Gasteiger partial charge in [0.15, 0.2) is 0 Å². The van der Waals surface area contributed by atoms with Gasteiger partial charge in [-0.3, -0.25) is 0 Å². The van der Waals surface area contributed by atoms with Gasteiger partial charge >= 0.3 is 0 Å². The molecule has 3 heteroatoms. The number of rotatable bonds is 4. The summed E-state index contributed by atoms with van der Waals surface area (Å²) in [6.45, 7) is 4.50. The molecule has 0 fully saturated rings. The van der Waals surface area contributed by atoms with Crippen molar-refractivity contribution in [1.29, 1.82) is 0 Å². The lowest BCUT2D eigenvalue weighted by molar-refractivity contribution is 0.473. The van der Waals surface area contributed by atoms with Gasteiger partial charge in [-0.05, 0) is 73.8 Å². The highest BCUT2D eigenvalue weighted by atomic mass is 19.1. The lowest BCUT2D eigenvalue weighted by Gasteiger charge is -2.12. The van der Waals surface area contributed by atoms with Gasteiger partial charge in [-0.2, -0.15) is 0 Å². The molecule has 0 spiro atoms. The van der Waals surface area contributed by atoms with E-state index in [2.05, 4.69) is 6.07 Å². The molecule has 2 aromatic rings. The SMILES string of the molecule is Cc1cc(C)cc(Oc2ccc(F)cc2CCN)c1. The smallest absolute Gasteiger partial charge is 0.130 e. The lowest BCUT2D eigenvalue weighted by atomic mass is 10.1. The standard InChI is InChI=1S/C16H18FNO/c1-11-7-12(2)9-15(8-11)19-16-4-3-14(17)10-13(16)5-6-18/h3-4,7-10H,5-6,18H2,1-2H3. The quantitative estimate of drug-likeness (QED) is 0.907. The van der Waals surface area contributed by atoms with Crippen LogP contribution in [0, 0.1) is 19.7 Å². The van der Waals surface area contributed by atoms with Crippen molar-refractivity contribution >= 4 is 0 Å².